The highest BCUT2D eigenvalue weighted by Crippen LogP contribution is 2.21. The number of nitrogens with one attached hydrogen (secondary N) is 1. The molecule has 0 atom stereocenters. The number of rotatable bonds is 6. The summed E-state index contributed by atoms with van der Waals surface area (Å²) in [5.41, 5.74) is 1.07. The average molecular weight is 309 g/mol. The molecule has 2 aromatic heterocycles. The molecule has 2 rings (SSSR count). The zero-order chi connectivity index (χ0) is 14.5. The zero-order valence-corrected chi connectivity index (χ0v) is 13.8. The molecule has 0 saturated carbocycles. The number of hydrogen-bond acceptors (Lipinski definition) is 7. The number of anilines is 2. The number of aryl methyl sites for hydroxylation is 1. The lowest BCUT2D eigenvalue weighted by molar-refractivity contribution is 0.839. The maximum absolute atomic E-state index is 4.55. The third-order valence-corrected chi connectivity index (χ3v) is 4.06. The predicted octanol–water partition coefficient (Wildman–Crippen LogP) is 3.03. The summed E-state index contributed by atoms with van der Waals surface area (Å²) in [6.45, 7) is 5.68. The molecule has 2 aromatic rings. The molecular formula is C13H19N5S2. The van der Waals surface area contributed by atoms with E-state index in [-0.39, 0.29) is 0 Å². The summed E-state index contributed by atoms with van der Waals surface area (Å²) in [4.78, 5) is 15.6. The van der Waals surface area contributed by atoms with Crippen LogP contribution in [0.3, 0.4) is 0 Å². The van der Waals surface area contributed by atoms with Crippen molar-refractivity contribution in [2.45, 2.75) is 25.5 Å². The Labute approximate surface area is 127 Å². The van der Waals surface area contributed by atoms with Gasteiger partial charge in [-0.15, -0.1) is 11.3 Å². The van der Waals surface area contributed by atoms with Crippen molar-refractivity contribution in [1.82, 2.24) is 15.0 Å². The molecule has 0 spiro atoms. The second kappa shape index (κ2) is 6.90. The maximum Gasteiger partial charge on any atom is 0.191 e. The van der Waals surface area contributed by atoms with Gasteiger partial charge >= 0.3 is 0 Å². The monoisotopic (exact) mass is 309 g/mol. The summed E-state index contributed by atoms with van der Waals surface area (Å²) in [5, 5.41) is 7.20. The quantitative estimate of drug-likeness (QED) is 0.654. The van der Waals surface area contributed by atoms with Gasteiger partial charge in [-0.05, 0) is 20.1 Å². The van der Waals surface area contributed by atoms with Gasteiger partial charge in [0.1, 0.15) is 11.6 Å². The van der Waals surface area contributed by atoms with Gasteiger partial charge in [0.25, 0.3) is 0 Å². The van der Waals surface area contributed by atoms with E-state index >= 15 is 0 Å². The number of thiazole rings is 1. The second-order valence-electron chi connectivity index (χ2n) is 4.34. The molecule has 0 aliphatic heterocycles. The van der Waals surface area contributed by atoms with Crippen molar-refractivity contribution in [1.29, 1.82) is 0 Å². The summed E-state index contributed by atoms with van der Waals surface area (Å²) < 4.78 is 0. The second-order valence-corrected chi connectivity index (χ2v) is 6.18. The van der Waals surface area contributed by atoms with Gasteiger partial charge < -0.3 is 10.2 Å². The topological polar surface area (TPSA) is 53.9 Å². The van der Waals surface area contributed by atoms with Crippen molar-refractivity contribution in [3.63, 3.8) is 0 Å². The Bertz CT molecular complexity index is 570. The first-order valence-electron chi connectivity index (χ1n) is 6.41. The molecule has 108 valence electrons. The van der Waals surface area contributed by atoms with E-state index in [2.05, 4.69) is 37.5 Å². The summed E-state index contributed by atoms with van der Waals surface area (Å²) in [7, 11) is 2.02. The molecule has 0 bridgehead atoms. The van der Waals surface area contributed by atoms with Gasteiger partial charge in [0.2, 0.25) is 0 Å². The Balaban J connectivity index is 2.19. The van der Waals surface area contributed by atoms with Gasteiger partial charge in [0.15, 0.2) is 5.16 Å². The maximum atomic E-state index is 4.55. The Morgan fingerprint density at radius 3 is 2.75 bits per heavy atom. The van der Waals surface area contributed by atoms with E-state index in [1.807, 2.05) is 26.3 Å². The molecule has 0 saturated heterocycles. The molecule has 0 radical (unpaired) electrons. The van der Waals surface area contributed by atoms with E-state index in [4.69, 9.17) is 0 Å². The first kappa shape index (κ1) is 15.1. The van der Waals surface area contributed by atoms with Crippen molar-refractivity contribution in [3.05, 3.63) is 22.1 Å². The highest BCUT2D eigenvalue weighted by atomic mass is 32.2. The van der Waals surface area contributed by atoms with Gasteiger partial charge in [-0.25, -0.2) is 15.0 Å². The van der Waals surface area contributed by atoms with Crippen LogP contribution >= 0.6 is 23.1 Å². The number of hydrogen-bond donors (Lipinski definition) is 1. The Morgan fingerprint density at radius 1 is 1.35 bits per heavy atom. The summed E-state index contributed by atoms with van der Waals surface area (Å²) >= 11 is 3.22. The zero-order valence-electron chi connectivity index (χ0n) is 12.2. The van der Waals surface area contributed by atoms with Crippen molar-refractivity contribution < 1.29 is 0 Å². The largest absolute Gasteiger partial charge is 0.370 e. The molecule has 0 aliphatic rings. The molecule has 0 fully saturated rings. The fraction of sp³-hybridized carbons (Fsp3) is 0.462. The minimum absolute atomic E-state index is 0.751. The molecule has 0 aliphatic carbocycles. The molecule has 20 heavy (non-hydrogen) atoms. The predicted molar refractivity (Wildman–Crippen MR) is 86.9 cm³/mol. The van der Waals surface area contributed by atoms with Crippen LogP contribution in [-0.4, -0.2) is 34.8 Å². The first-order valence-corrected chi connectivity index (χ1v) is 8.52. The smallest absolute Gasteiger partial charge is 0.191 e. The molecular weight excluding hydrogens is 290 g/mol. The van der Waals surface area contributed by atoms with E-state index in [1.54, 1.807) is 23.1 Å². The molecule has 2 heterocycles. The lowest BCUT2D eigenvalue weighted by Crippen LogP contribution is -2.19. The van der Waals surface area contributed by atoms with E-state index < -0.39 is 0 Å². The summed E-state index contributed by atoms with van der Waals surface area (Å²) in [6, 6.07) is 1.97. The lowest BCUT2D eigenvalue weighted by atomic mass is 10.4. The van der Waals surface area contributed by atoms with Crippen molar-refractivity contribution in [2.75, 3.05) is 30.1 Å². The van der Waals surface area contributed by atoms with Crippen molar-refractivity contribution >= 4 is 34.7 Å². The van der Waals surface area contributed by atoms with Crippen LogP contribution in [0.5, 0.6) is 0 Å². The third-order valence-electron chi connectivity index (χ3n) is 2.69. The summed E-state index contributed by atoms with van der Waals surface area (Å²) in [6.07, 6.45) is 1.98. The fourth-order valence-electron chi connectivity index (χ4n) is 1.78. The molecule has 0 amide bonds. The van der Waals surface area contributed by atoms with E-state index in [0.717, 1.165) is 40.6 Å². The first-order chi connectivity index (χ1) is 9.62. The van der Waals surface area contributed by atoms with E-state index in [1.165, 1.54) is 0 Å². The molecule has 0 aromatic carbocycles. The van der Waals surface area contributed by atoms with Gasteiger partial charge in [0, 0.05) is 25.0 Å². The van der Waals surface area contributed by atoms with Crippen LogP contribution in [-0.2, 0) is 6.54 Å². The standard InChI is InChI=1S/C13H19N5S2/c1-5-14-11-6-12(17-13(16-11)19-4)18(3)7-10-8-20-9(2)15-10/h6,8H,5,7H2,1-4H3,(H,14,16,17). The highest BCUT2D eigenvalue weighted by Gasteiger charge is 2.10. The Kier molecular flexibility index (Phi) is 5.19. The van der Waals surface area contributed by atoms with Gasteiger partial charge in [-0.2, -0.15) is 0 Å². The minimum Gasteiger partial charge on any atom is -0.370 e. The van der Waals surface area contributed by atoms with Gasteiger partial charge in [0.05, 0.1) is 17.2 Å². The molecule has 0 unspecified atom stereocenters. The van der Waals surface area contributed by atoms with Gasteiger partial charge in [-0.3, -0.25) is 0 Å². The normalized spacial score (nSPS) is 10.6. The average Bonchev–Trinajstić information content (AvgIpc) is 2.84. The van der Waals surface area contributed by atoms with Crippen molar-refractivity contribution in [3.8, 4) is 0 Å². The Hall–Kier alpha value is -1.34. The number of aromatic nitrogens is 3. The summed E-state index contributed by atoms with van der Waals surface area (Å²) in [5.74, 6) is 1.77. The van der Waals surface area contributed by atoms with Crippen molar-refractivity contribution in [2.24, 2.45) is 0 Å². The molecule has 5 nitrogen and oxygen atoms in total. The van der Waals surface area contributed by atoms with Crippen LogP contribution in [0.4, 0.5) is 11.6 Å². The Morgan fingerprint density at radius 2 is 2.15 bits per heavy atom. The van der Waals surface area contributed by atoms with Crippen LogP contribution in [0.1, 0.15) is 17.6 Å². The third kappa shape index (κ3) is 3.83. The van der Waals surface area contributed by atoms with Crippen LogP contribution < -0.4 is 10.2 Å². The van der Waals surface area contributed by atoms with E-state index in [0.29, 0.717) is 0 Å². The SMILES string of the molecule is CCNc1cc(N(C)Cc2csc(C)n2)nc(SC)n1. The van der Waals surface area contributed by atoms with Crippen LogP contribution in [0.2, 0.25) is 0 Å². The molecule has 7 heteroatoms. The van der Waals surface area contributed by atoms with Crippen LogP contribution in [0.15, 0.2) is 16.6 Å². The van der Waals surface area contributed by atoms with Gasteiger partial charge in [-0.1, -0.05) is 11.8 Å². The van der Waals surface area contributed by atoms with Crippen LogP contribution in [0, 0.1) is 6.92 Å². The number of nitrogens with zero attached hydrogens (tertiary/aromatic N) is 4. The van der Waals surface area contributed by atoms with Crippen LogP contribution in [0.25, 0.3) is 0 Å². The molecule has 1 N–H and O–H groups in total. The minimum atomic E-state index is 0.751. The highest BCUT2D eigenvalue weighted by molar-refractivity contribution is 7.98. The lowest BCUT2D eigenvalue weighted by Gasteiger charge is -2.18. The van der Waals surface area contributed by atoms with E-state index in [9.17, 15) is 0 Å². The fourth-order valence-corrected chi connectivity index (χ4v) is 2.75. The number of thioether (sulfide) groups is 1.